The van der Waals surface area contributed by atoms with Crippen molar-refractivity contribution in [2.45, 2.75) is 44.6 Å². The van der Waals surface area contributed by atoms with Crippen LogP contribution in [0.5, 0.6) is 11.5 Å². The molecular weight excluding hydrogens is 581 g/mol. The quantitative estimate of drug-likeness (QED) is 0.231. The smallest absolute Gasteiger partial charge is 0.452 e. The van der Waals surface area contributed by atoms with Crippen molar-refractivity contribution in [3.05, 3.63) is 81.5 Å². The van der Waals surface area contributed by atoms with Crippen molar-refractivity contribution in [1.82, 2.24) is 19.7 Å². The predicted molar refractivity (Wildman–Crippen MR) is 142 cm³/mol. The minimum Gasteiger partial charge on any atom is -0.493 e. The Bertz CT molecular complexity index is 1620. The Kier molecular flexibility index (Phi) is 8.15. The lowest BCUT2D eigenvalue weighted by Crippen LogP contribution is -2.17. The first-order chi connectivity index (χ1) is 20.0. The molecule has 0 unspecified atom stereocenters. The van der Waals surface area contributed by atoms with Crippen LogP contribution in [-0.4, -0.2) is 47.0 Å². The first-order valence-electron chi connectivity index (χ1n) is 12.8. The summed E-state index contributed by atoms with van der Waals surface area (Å²) in [5, 5.41) is 7.71. The minimum absolute atomic E-state index is 0.0724. The van der Waals surface area contributed by atoms with E-state index in [9.17, 15) is 18.0 Å². The number of fused-ring (bicyclic) bond motifs is 3. The summed E-state index contributed by atoms with van der Waals surface area (Å²) in [6, 6.07) is 9.62. The molecule has 1 aliphatic rings. The molecule has 0 spiro atoms. The maximum Gasteiger partial charge on any atom is 0.452 e. The summed E-state index contributed by atoms with van der Waals surface area (Å²) >= 11 is 6.36. The number of aromatic nitrogens is 4. The zero-order valence-electron chi connectivity index (χ0n) is 23.0. The average molecular weight is 607 g/mol. The second kappa shape index (κ2) is 11.6. The molecule has 42 heavy (non-hydrogen) atoms. The van der Waals surface area contributed by atoms with Gasteiger partial charge in [-0.05, 0) is 31.2 Å². The Morgan fingerprint density at radius 3 is 2.57 bits per heavy atom. The van der Waals surface area contributed by atoms with Crippen LogP contribution in [0.25, 0.3) is 5.69 Å². The van der Waals surface area contributed by atoms with Crippen LogP contribution in [0.3, 0.4) is 0 Å². The topological polar surface area (TPSA) is 111 Å². The number of rotatable bonds is 8. The standard InChI is InChI=1S/C28H26ClF3N4O6/c1-14-19(10-11-23(37)39-3)41-22(33-14)13-21-26-34-35-27(28(30,31)32)36(26)18-9-8-15(29)12-17(18)24(42-21)16-6-5-7-20(38-2)25(16)40-4/h5-9,12,21,24H,10-11,13H2,1-4H3/t21-,24-/m0/s1. The second-order valence-corrected chi connectivity index (χ2v) is 9.84. The average Bonchev–Trinajstić information content (AvgIpc) is 3.53. The Labute approximate surface area is 243 Å². The van der Waals surface area contributed by atoms with Crippen molar-refractivity contribution in [3.8, 4) is 17.2 Å². The summed E-state index contributed by atoms with van der Waals surface area (Å²) in [5.41, 5.74) is 1.47. The zero-order valence-corrected chi connectivity index (χ0v) is 23.7. The van der Waals surface area contributed by atoms with Crippen molar-refractivity contribution < 1.29 is 41.3 Å². The van der Waals surface area contributed by atoms with Crippen molar-refractivity contribution in [3.63, 3.8) is 0 Å². The van der Waals surface area contributed by atoms with Gasteiger partial charge in [-0.2, -0.15) is 13.2 Å². The molecule has 0 radical (unpaired) electrons. The molecule has 0 bridgehead atoms. The van der Waals surface area contributed by atoms with Crippen molar-refractivity contribution >= 4 is 17.6 Å². The minimum atomic E-state index is -4.83. The summed E-state index contributed by atoms with van der Waals surface area (Å²) < 4.78 is 72.0. The first kappa shape index (κ1) is 29.4. The molecule has 3 heterocycles. The molecule has 0 aliphatic carbocycles. The van der Waals surface area contributed by atoms with Gasteiger partial charge in [0.2, 0.25) is 5.82 Å². The fraction of sp³-hybridized carbons (Fsp3) is 0.357. The number of ether oxygens (including phenoxy) is 4. The number of hydrogen-bond acceptors (Lipinski definition) is 9. The fourth-order valence-electron chi connectivity index (χ4n) is 4.95. The van der Waals surface area contributed by atoms with Gasteiger partial charge in [-0.1, -0.05) is 23.7 Å². The zero-order chi connectivity index (χ0) is 30.2. The van der Waals surface area contributed by atoms with Gasteiger partial charge in [0.15, 0.2) is 23.2 Å². The van der Waals surface area contributed by atoms with Crippen LogP contribution in [-0.2, 0) is 33.3 Å². The largest absolute Gasteiger partial charge is 0.493 e. The van der Waals surface area contributed by atoms with E-state index in [2.05, 4.69) is 15.2 Å². The highest BCUT2D eigenvalue weighted by Gasteiger charge is 2.44. The van der Waals surface area contributed by atoms with E-state index in [1.807, 2.05) is 0 Å². The highest BCUT2D eigenvalue weighted by molar-refractivity contribution is 6.30. The molecule has 222 valence electrons. The number of benzene rings is 2. The van der Waals surface area contributed by atoms with E-state index < -0.39 is 30.2 Å². The second-order valence-electron chi connectivity index (χ2n) is 9.40. The molecule has 0 N–H and O–H groups in total. The number of halogens is 4. The molecule has 14 heteroatoms. The third-order valence-corrected chi connectivity index (χ3v) is 7.07. The molecule has 0 fully saturated rings. The van der Waals surface area contributed by atoms with Crippen molar-refractivity contribution in [2.24, 2.45) is 0 Å². The lowest BCUT2D eigenvalue weighted by Gasteiger charge is -2.24. The van der Waals surface area contributed by atoms with E-state index >= 15 is 0 Å². The van der Waals surface area contributed by atoms with Crippen LogP contribution in [0, 0.1) is 6.92 Å². The van der Waals surface area contributed by atoms with E-state index in [1.54, 1.807) is 25.1 Å². The highest BCUT2D eigenvalue weighted by Crippen LogP contribution is 2.47. The van der Waals surface area contributed by atoms with Crippen LogP contribution in [0.4, 0.5) is 13.2 Å². The molecule has 2 aromatic carbocycles. The van der Waals surface area contributed by atoms with Crippen LogP contribution in [0.1, 0.15) is 58.7 Å². The van der Waals surface area contributed by atoms with Crippen LogP contribution < -0.4 is 9.47 Å². The van der Waals surface area contributed by atoms with Gasteiger partial charge in [0, 0.05) is 22.6 Å². The number of oxazole rings is 1. The van der Waals surface area contributed by atoms with Gasteiger partial charge in [-0.3, -0.25) is 9.36 Å². The molecule has 1 aliphatic heterocycles. The SMILES string of the molecule is COC(=O)CCc1oc(C[C@@H]2O[C@@H](c3cccc(OC)c3OC)c3cc(Cl)ccc3-n3c2nnc3C(F)(F)F)nc1C. The summed E-state index contributed by atoms with van der Waals surface area (Å²) in [5.74, 6) is -0.392. The number of carbonyl (C=O) groups is 1. The fourth-order valence-corrected chi connectivity index (χ4v) is 5.13. The number of esters is 1. The molecule has 0 saturated heterocycles. The molecule has 5 rings (SSSR count). The number of carbonyl (C=O) groups excluding carboxylic acids is 1. The number of alkyl halides is 3. The summed E-state index contributed by atoms with van der Waals surface area (Å²) in [4.78, 5) is 16.1. The number of para-hydroxylation sites is 1. The third-order valence-electron chi connectivity index (χ3n) is 6.84. The molecule has 2 atom stereocenters. The molecule has 2 aromatic heterocycles. The van der Waals surface area contributed by atoms with E-state index in [0.717, 1.165) is 4.57 Å². The molecule has 10 nitrogen and oxygen atoms in total. The number of aryl methyl sites for hydroxylation is 2. The van der Waals surface area contributed by atoms with Crippen molar-refractivity contribution in [1.29, 1.82) is 0 Å². The number of methoxy groups -OCH3 is 3. The van der Waals surface area contributed by atoms with E-state index in [4.69, 9.17) is 35.0 Å². The Hall–Kier alpha value is -4.10. The summed E-state index contributed by atoms with van der Waals surface area (Å²) in [7, 11) is 4.22. The third kappa shape index (κ3) is 5.53. The highest BCUT2D eigenvalue weighted by atomic mass is 35.5. The van der Waals surface area contributed by atoms with E-state index in [1.165, 1.54) is 39.5 Å². The van der Waals surface area contributed by atoms with E-state index in [0.29, 0.717) is 34.1 Å². The Morgan fingerprint density at radius 2 is 1.88 bits per heavy atom. The predicted octanol–water partition coefficient (Wildman–Crippen LogP) is 5.76. The van der Waals surface area contributed by atoms with Gasteiger partial charge >= 0.3 is 12.1 Å². The summed E-state index contributed by atoms with van der Waals surface area (Å²) in [6.45, 7) is 1.71. The van der Waals surface area contributed by atoms with Crippen molar-refractivity contribution in [2.75, 3.05) is 21.3 Å². The van der Waals surface area contributed by atoms with Crippen LogP contribution in [0.2, 0.25) is 5.02 Å². The lowest BCUT2D eigenvalue weighted by molar-refractivity contribution is -0.146. The van der Waals surface area contributed by atoms with Gasteiger partial charge in [0.1, 0.15) is 18.0 Å². The van der Waals surface area contributed by atoms with Gasteiger partial charge in [-0.25, -0.2) is 4.98 Å². The molecule has 0 saturated carbocycles. The normalized spacial score (nSPS) is 16.4. The van der Waals surface area contributed by atoms with Gasteiger partial charge in [0.25, 0.3) is 0 Å². The number of hydrogen-bond donors (Lipinski definition) is 0. The van der Waals surface area contributed by atoms with Crippen LogP contribution >= 0.6 is 11.6 Å². The molecule has 4 aromatic rings. The Balaban J connectivity index is 1.67. The van der Waals surface area contributed by atoms with E-state index in [-0.39, 0.29) is 41.7 Å². The first-order valence-corrected chi connectivity index (χ1v) is 13.1. The molecular formula is C28H26ClF3N4O6. The maximum atomic E-state index is 14.2. The van der Waals surface area contributed by atoms with Gasteiger partial charge in [-0.15, -0.1) is 10.2 Å². The van der Waals surface area contributed by atoms with Gasteiger partial charge in [0.05, 0.1) is 45.6 Å². The van der Waals surface area contributed by atoms with Gasteiger partial charge < -0.3 is 23.4 Å². The monoisotopic (exact) mass is 606 g/mol. The Morgan fingerprint density at radius 1 is 1.10 bits per heavy atom. The summed E-state index contributed by atoms with van der Waals surface area (Å²) in [6.07, 6.45) is -6.72. The maximum absolute atomic E-state index is 14.2. The van der Waals surface area contributed by atoms with Crippen LogP contribution in [0.15, 0.2) is 40.8 Å². The lowest BCUT2D eigenvalue weighted by atomic mass is 9.98. The number of nitrogens with zero attached hydrogens (tertiary/aromatic N) is 4. The molecule has 0 amide bonds.